The third-order valence-corrected chi connectivity index (χ3v) is 5.71. The van der Waals surface area contributed by atoms with Crippen molar-refractivity contribution in [2.75, 3.05) is 13.1 Å². The number of aromatic nitrogens is 3. The first-order valence-corrected chi connectivity index (χ1v) is 10.4. The van der Waals surface area contributed by atoms with Crippen molar-refractivity contribution >= 4 is 5.91 Å². The second-order valence-electron chi connectivity index (χ2n) is 7.88. The third-order valence-electron chi connectivity index (χ3n) is 5.71. The van der Waals surface area contributed by atoms with Crippen LogP contribution in [0.1, 0.15) is 41.4 Å². The molecule has 9 heteroatoms. The largest absolute Gasteiger partial charge is 0.419 e. The first kappa shape index (κ1) is 22.0. The van der Waals surface area contributed by atoms with Gasteiger partial charge < -0.3 is 9.47 Å². The molecule has 1 aliphatic rings. The number of amides is 1. The summed E-state index contributed by atoms with van der Waals surface area (Å²) in [5.74, 6) is -0.436. The van der Waals surface area contributed by atoms with Crippen LogP contribution in [0.15, 0.2) is 55.0 Å². The monoisotopic (exact) mass is 446 g/mol. The fraction of sp³-hybridized carbons (Fsp3) is 0.348. The van der Waals surface area contributed by atoms with Gasteiger partial charge in [0.15, 0.2) is 0 Å². The molecule has 0 spiro atoms. The molecule has 1 fully saturated rings. The maximum Gasteiger partial charge on any atom is 0.419 e. The molecule has 0 N–H and O–H groups in total. The van der Waals surface area contributed by atoms with Crippen LogP contribution in [0.25, 0.3) is 0 Å². The van der Waals surface area contributed by atoms with Crippen LogP contribution in [0.4, 0.5) is 17.6 Å². The van der Waals surface area contributed by atoms with Gasteiger partial charge in [-0.15, -0.1) is 0 Å². The maximum atomic E-state index is 13.8. The Kier molecular flexibility index (Phi) is 6.25. The number of alkyl halides is 3. The zero-order valence-electron chi connectivity index (χ0n) is 17.2. The number of carbonyl (C=O) groups excluding carboxylic acids is 1. The number of rotatable bonds is 5. The highest BCUT2D eigenvalue weighted by Gasteiger charge is 2.34. The first-order valence-electron chi connectivity index (χ1n) is 10.4. The fourth-order valence-corrected chi connectivity index (χ4v) is 4.05. The van der Waals surface area contributed by atoms with Gasteiger partial charge in [0, 0.05) is 37.6 Å². The van der Waals surface area contributed by atoms with E-state index in [0.717, 1.165) is 36.5 Å². The van der Waals surface area contributed by atoms with Crippen molar-refractivity contribution in [3.05, 3.63) is 83.5 Å². The molecule has 3 heterocycles. The van der Waals surface area contributed by atoms with Crippen molar-refractivity contribution in [2.24, 2.45) is 0 Å². The van der Waals surface area contributed by atoms with E-state index < -0.39 is 17.6 Å². The number of hydrogen-bond acceptors (Lipinski definition) is 3. The summed E-state index contributed by atoms with van der Waals surface area (Å²) in [6.45, 7) is 1.65. The van der Waals surface area contributed by atoms with Crippen molar-refractivity contribution in [1.29, 1.82) is 0 Å². The van der Waals surface area contributed by atoms with Gasteiger partial charge in [0.25, 0.3) is 0 Å². The quantitative estimate of drug-likeness (QED) is 0.545. The molecule has 0 aliphatic carbocycles. The van der Waals surface area contributed by atoms with E-state index in [1.54, 1.807) is 17.3 Å². The smallest absolute Gasteiger partial charge is 0.342 e. The number of imidazole rings is 1. The van der Waals surface area contributed by atoms with E-state index in [9.17, 15) is 22.4 Å². The predicted octanol–water partition coefficient (Wildman–Crippen LogP) is 4.43. The van der Waals surface area contributed by atoms with E-state index >= 15 is 0 Å². The summed E-state index contributed by atoms with van der Waals surface area (Å²) in [6, 6.07) is 8.39. The average Bonchev–Trinajstić information content (AvgIpc) is 3.22. The zero-order valence-corrected chi connectivity index (χ0v) is 17.2. The summed E-state index contributed by atoms with van der Waals surface area (Å²) < 4.78 is 54.0. The molecule has 4 rings (SSSR count). The molecule has 0 atom stereocenters. The Morgan fingerprint density at radius 1 is 1.06 bits per heavy atom. The van der Waals surface area contributed by atoms with Gasteiger partial charge >= 0.3 is 6.18 Å². The highest BCUT2D eigenvalue weighted by atomic mass is 19.4. The number of piperidine rings is 1. The zero-order chi connectivity index (χ0) is 22.7. The Labute approximate surface area is 182 Å². The van der Waals surface area contributed by atoms with Crippen LogP contribution in [-0.2, 0) is 23.9 Å². The summed E-state index contributed by atoms with van der Waals surface area (Å²) >= 11 is 0. The van der Waals surface area contributed by atoms with E-state index in [4.69, 9.17) is 0 Å². The van der Waals surface area contributed by atoms with Gasteiger partial charge in [-0.3, -0.25) is 9.78 Å². The first-order chi connectivity index (χ1) is 15.3. The Bertz CT molecular complexity index is 1070. The molecule has 1 amide bonds. The van der Waals surface area contributed by atoms with E-state index in [2.05, 4.69) is 14.5 Å². The minimum atomic E-state index is -4.75. The summed E-state index contributed by atoms with van der Waals surface area (Å²) in [4.78, 5) is 23.2. The average molecular weight is 446 g/mol. The summed E-state index contributed by atoms with van der Waals surface area (Å²) in [7, 11) is 0. The van der Waals surface area contributed by atoms with Crippen molar-refractivity contribution < 1.29 is 22.4 Å². The molecule has 5 nitrogen and oxygen atoms in total. The Hall–Kier alpha value is -3.23. The van der Waals surface area contributed by atoms with Gasteiger partial charge in [-0.2, -0.15) is 13.2 Å². The molecule has 2 aromatic heterocycles. The van der Waals surface area contributed by atoms with Crippen molar-refractivity contribution in [3.63, 3.8) is 0 Å². The fourth-order valence-electron chi connectivity index (χ4n) is 4.05. The number of likely N-dealkylation sites (tertiary alicyclic amines) is 1. The normalized spacial score (nSPS) is 15.2. The minimum absolute atomic E-state index is 0.131. The molecular formula is C23H22F4N4O. The highest BCUT2D eigenvalue weighted by Crippen LogP contribution is 2.32. The van der Waals surface area contributed by atoms with Crippen LogP contribution in [0.2, 0.25) is 0 Å². The Morgan fingerprint density at radius 3 is 2.50 bits per heavy atom. The number of hydrogen-bond donors (Lipinski definition) is 0. The van der Waals surface area contributed by atoms with Crippen molar-refractivity contribution in [2.45, 2.75) is 37.9 Å². The molecule has 0 bridgehead atoms. The lowest BCUT2D eigenvalue weighted by Gasteiger charge is -2.32. The molecule has 1 saturated heterocycles. The van der Waals surface area contributed by atoms with Crippen LogP contribution < -0.4 is 0 Å². The highest BCUT2D eigenvalue weighted by molar-refractivity contribution is 5.78. The lowest BCUT2D eigenvalue weighted by atomic mass is 9.95. The third kappa shape index (κ3) is 4.98. The number of pyridine rings is 1. The van der Waals surface area contributed by atoms with Crippen LogP contribution in [0, 0.1) is 5.82 Å². The maximum absolute atomic E-state index is 13.8. The molecule has 0 radical (unpaired) electrons. The summed E-state index contributed by atoms with van der Waals surface area (Å²) in [5.41, 5.74) is -0.160. The topological polar surface area (TPSA) is 51.0 Å². The van der Waals surface area contributed by atoms with E-state index in [1.807, 2.05) is 24.4 Å². The van der Waals surface area contributed by atoms with Gasteiger partial charge in [0.2, 0.25) is 5.91 Å². The van der Waals surface area contributed by atoms with Gasteiger partial charge in [-0.25, -0.2) is 9.37 Å². The summed E-state index contributed by atoms with van der Waals surface area (Å²) in [6.07, 6.45) is 2.00. The lowest BCUT2D eigenvalue weighted by Crippen LogP contribution is -2.39. The molecule has 168 valence electrons. The van der Waals surface area contributed by atoms with E-state index in [1.165, 1.54) is 0 Å². The van der Waals surface area contributed by atoms with Crippen LogP contribution >= 0.6 is 0 Å². The number of nitrogens with zero attached hydrogens (tertiary/aromatic N) is 4. The standard InChI is InChI=1S/C23H22F4N4O/c24-20-13-16(4-5-19(20)23(25,26)27)14-21(32)30-10-6-17(7-11-30)22-29-9-12-31(22)15-18-3-1-2-8-28-18/h1-5,8-9,12-13,17H,6-7,10-11,14-15H2. The number of carbonyl (C=O) groups is 1. The van der Waals surface area contributed by atoms with Crippen LogP contribution in [0.5, 0.6) is 0 Å². The lowest BCUT2D eigenvalue weighted by molar-refractivity contribution is -0.140. The molecule has 3 aromatic rings. The molecule has 0 saturated carbocycles. The van der Waals surface area contributed by atoms with Crippen LogP contribution in [-0.4, -0.2) is 38.4 Å². The number of halogens is 4. The molecular weight excluding hydrogens is 424 g/mol. The second-order valence-corrected chi connectivity index (χ2v) is 7.88. The minimum Gasteiger partial charge on any atom is -0.342 e. The van der Waals surface area contributed by atoms with Gasteiger partial charge in [0.1, 0.15) is 11.6 Å². The van der Waals surface area contributed by atoms with Crippen molar-refractivity contribution in [3.8, 4) is 0 Å². The Morgan fingerprint density at radius 2 is 1.84 bits per heavy atom. The second kappa shape index (κ2) is 9.10. The van der Waals surface area contributed by atoms with Gasteiger partial charge in [-0.1, -0.05) is 12.1 Å². The molecule has 0 unspecified atom stereocenters. The molecule has 1 aliphatic heterocycles. The number of benzene rings is 1. The van der Waals surface area contributed by atoms with Gasteiger partial charge in [0.05, 0.1) is 24.2 Å². The molecule has 32 heavy (non-hydrogen) atoms. The Balaban J connectivity index is 1.35. The molecule has 1 aromatic carbocycles. The van der Waals surface area contributed by atoms with Crippen molar-refractivity contribution in [1.82, 2.24) is 19.4 Å². The van der Waals surface area contributed by atoms with E-state index in [0.29, 0.717) is 25.7 Å². The SMILES string of the molecule is O=C(Cc1ccc(C(F)(F)F)c(F)c1)N1CCC(c2nccn2Cc2ccccn2)CC1. The van der Waals surface area contributed by atoms with Crippen LogP contribution in [0.3, 0.4) is 0 Å². The van der Waals surface area contributed by atoms with Gasteiger partial charge in [-0.05, 0) is 42.7 Å². The predicted molar refractivity (Wildman–Crippen MR) is 109 cm³/mol. The summed E-state index contributed by atoms with van der Waals surface area (Å²) in [5, 5.41) is 0. The van der Waals surface area contributed by atoms with E-state index in [-0.39, 0.29) is 23.8 Å².